The van der Waals surface area contributed by atoms with Crippen molar-refractivity contribution in [3.8, 4) is 0 Å². The molecule has 0 bridgehead atoms. The van der Waals surface area contributed by atoms with Crippen molar-refractivity contribution in [1.29, 1.82) is 0 Å². The number of rotatable bonds is 5. The molecule has 0 radical (unpaired) electrons. The number of hydrogen-bond acceptors (Lipinski definition) is 3. The summed E-state index contributed by atoms with van der Waals surface area (Å²) < 4.78 is 39.6. The Hall–Kier alpha value is -1.30. The standard InChI is InChI=1S/C10H13F3N2O/c1-8-6-9(2-3-14-8)15-4-5-16-7-10(11,12)13/h2-3,6H,4-5,7H2,1H3,(H,14,15). The molecule has 90 valence electrons. The van der Waals surface area contributed by atoms with Crippen LogP contribution in [0.3, 0.4) is 0 Å². The van der Waals surface area contributed by atoms with E-state index in [1.54, 1.807) is 12.3 Å². The fourth-order valence-electron chi connectivity index (χ4n) is 1.11. The number of anilines is 1. The molecule has 1 rings (SSSR count). The van der Waals surface area contributed by atoms with Crippen molar-refractivity contribution < 1.29 is 17.9 Å². The van der Waals surface area contributed by atoms with Crippen LogP contribution in [0.5, 0.6) is 0 Å². The zero-order valence-corrected chi connectivity index (χ0v) is 8.84. The minimum Gasteiger partial charge on any atom is -0.383 e. The van der Waals surface area contributed by atoms with Gasteiger partial charge in [0.25, 0.3) is 0 Å². The molecule has 0 aliphatic carbocycles. The first-order valence-corrected chi connectivity index (χ1v) is 4.78. The van der Waals surface area contributed by atoms with Gasteiger partial charge in [-0.3, -0.25) is 4.98 Å². The molecular formula is C10H13F3N2O. The zero-order valence-electron chi connectivity index (χ0n) is 8.84. The van der Waals surface area contributed by atoms with Crippen LogP contribution in [0.25, 0.3) is 0 Å². The van der Waals surface area contributed by atoms with Gasteiger partial charge in [0.05, 0.1) is 6.61 Å². The number of nitrogens with zero attached hydrogens (tertiary/aromatic N) is 1. The Morgan fingerprint density at radius 3 is 2.81 bits per heavy atom. The van der Waals surface area contributed by atoms with E-state index in [2.05, 4.69) is 15.0 Å². The van der Waals surface area contributed by atoms with Gasteiger partial charge in [0.1, 0.15) is 6.61 Å². The molecule has 1 aromatic rings. The molecule has 0 fully saturated rings. The van der Waals surface area contributed by atoms with E-state index >= 15 is 0 Å². The Morgan fingerprint density at radius 2 is 2.19 bits per heavy atom. The summed E-state index contributed by atoms with van der Waals surface area (Å²) in [6, 6.07) is 3.56. The van der Waals surface area contributed by atoms with Gasteiger partial charge in [0.2, 0.25) is 0 Å². The van der Waals surface area contributed by atoms with Gasteiger partial charge in [-0.05, 0) is 19.1 Å². The van der Waals surface area contributed by atoms with E-state index < -0.39 is 12.8 Å². The molecule has 0 aromatic carbocycles. The van der Waals surface area contributed by atoms with Gasteiger partial charge in [0.15, 0.2) is 0 Å². The third kappa shape index (κ3) is 5.55. The maximum atomic E-state index is 11.7. The third-order valence-electron chi connectivity index (χ3n) is 1.74. The summed E-state index contributed by atoms with van der Waals surface area (Å²) in [5, 5.41) is 2.94. The lowest BCUT2D eigenvalue weighted by atomic mass is 10.3. The van der Waals surface area contributed by atoms with E-state index in [1.165, 1.54) is 0 Å². The summed E-state index contributed by atoms with van der Waals surface area (Å²) in [6.07, 6.45) is -2.62. The quantitative estimate of drug-likeness (QED) is 0.794. The maximum Gasteiger partial charge on any atom is 0.411 e. The fourth-order valence-corrected chi connectivity index (χ4v) is 1.11. The van der Waals surface area contributed by atoms with E-state index in [0.29, 0.717) is 6.54 Å². The number of ether oxygens (including phenoxy) is 1. The van der Waals surface area contributed by atoms with Crippen molar-refractivity contribution in [1.82, 2.24) is 4.98 Å². The summed E-state index contributed by atoms with van der Waals surface area (Å²) in [6.45, 7) is 0.982. The highest BCUT2D eigenvalue weighted by Crippen LogP contribution is 2.14. The number of aromatic nitrogens is 1. The Morgan fingerprint density at radius 1 is 1.44 bits per heavy atom. The highest BCUT2D eigenvalue weighted by molar-refractivity contribution is 5.42. The molecule has 0 amide bonds. The van der Waals surface area contributed by atoms with Crippen molar-refractivity contribution in [2.24, 2.45) is 0 Å². The predicted molar refractivity (Wildman–Crippen MR) is 54.3 cm³/mol. The summed E-state index contributed by atoms with van der Waals surface area (Å²) in [5.41, 5.74) is 1.67. The van der Waals surface area contributed by atoms with Crippen molar-refractivity contribution in [3.63, 3.8) is 0 Å². The second-order valence-electron chi connectivity index (χ2n) is 3.28. The first kappa shape index (κ1) is 12.8. The van der Waals surface area contributed by atoms with E-state index in [4.69, 9.17) is 0 Å². The zero-order chi connectivity index (χ0) is 12.0. The SMILES string of the molecule is Cc1cc(NCCOCC(F)(F)F)ccn1. The fraction of sp³-hybridized carbons (Fsp3) is 0.500. The van der Waals surface area contributed by atoms with Gasteiger partial charge >= 0.3 is 6.18 Å². The lowest BCUT2D eigenvalue weighted by Gasteiger charge is -2.09. The molecule has 3 nitrogen and oxygen atoms in total. The minimum atomic E-state index is -4.26. The van der Waals surface area contributed by atoms with Gasteiger partial charge < -0.3 is 10.1 Å². The third-order valence-corrected chi connectivity index (χ3v) is 1.74. The average molecular weight is 234 g/mol. The van der Waals surface area contributed by atoms with Crippen LogP contribution in [-0.2, 0) is 4.74 Å². The second kappa shape index (κ2) is 5.69. The maximum absolute atomic E-state index is 11.7. The van der Waals surface area contributed by atoms with Crippen LogP contribution < -0.4 is 5.32 Å². The van der Waals surface area contributed by atoms with Gasteiger partial charge in [0, 0.05) is 24.1 Å². The van der Waals surface area contributed by atoms with Crippen LogP contribution in [0.1, 0.15) is 5.69 Å². The van der Waals surface area contributed by atoms with Crippen LogP contribution in [0.15, 0.2) is 18.3 Å². The Kier molecular flexibility index (Phi) is 4.54. The average Bonchev–Trinajstić information content (AvgIpc) is 2.15. The number of alkyl halides is 3. The van der Waals surface area contributed by atoms with Crippen molar-refractivity contribution >= 4 is 5.69 Å². The normalized spacial score (nSPS) is 11.5. The molecule has 0 saturated heterocycles. The first-order valence-electron chi connectivity index (χ1n) is 4.78. The Balaban J connectivity index is 2.17. The monoisotopic (exact) mass is 234 g/mol. The lowest BCUT2D eigenvalue weighted by molar-refractivity contribution is -0.172. The lowest BCUT2D eigenvalue weighted by Crippen LogP contribution is -2.20. The van der Waals surface area contributed by atoms with Crippen molar-refractivity contribution in [3.05, 3.63) is 24.0 Å². The van der Waals surface area contributed by atoms with Gasteiger partial charge in [-0.1, -0.05) is 0 Å². The van der Waals surface area contributed by atoms with E-state index in [1.807, 2.05) is 13.0 Å². The largest absolute Gasteiger partial charge is 0.411 e. The smallest absolute Gasteiger partial charge is 0.383 e. The Bertz CT molecular complexity index is 328. The molecule has 0 aliphatic rings. The molecule has 1 N–H and O–H groups in total. The minimum absolute atomic E-state index is 0.0148. The predicted octanol–water partition coefficient (Wildman–Crippen LogP) is 2.38. The highest BCUT2D eigenvalue weighted by atomic mass is 19.4. The van der Waals surface area contributed by atoms with E-state index in [9.17, 15) is 13.2 Å². The molecule has 0 unspecified atom stereocenters. The van der Waals surface area contributed by atoms with E-state index in [-0.39, 0.29) is 6.61 Å². The summed E-state index contributed by atoms with van der Waals surface area (Å²) in [7, 11) is 0. The molecular weight excluding hydrogens is 221 g/mol. The number of aryl methyl sites for hydroxylation is 1. The van der Waals surface area contributed by atoms with Gasteiger partial charge in [-0.25, -0.2) is 0 Å². The van der Waals surface area contributed by atoms with Crippen LogP contribution >= 0.6 is 0 Å². The van der Waals surface area contributed by atoms with Crippen LogP contribution in [0, 0.1) is 6.92 Å². The molecule has 1 heterocycles. The van der Waals surface area contributed by atoms with Crippen LogP contribution in [0.2, 0.25) is 0 Å². The van der Waals surface area contributed by atoms with Crippen molar-refractivity contribution in [2.45, 2.75) is 13.1 Å². The second-order valence-corrected chi connectivity index (χ2v) is 3.28. The highest BCUT2D eigenvalue weighted by Gasteiger charge is 2.27. The van der Waals surface area contributed by atoms with Crippen LogP contribution in [0.4, 0.5) is 18.9 Å². The van der Waals surface area contributed by atoms with Crippen molar-refractivity contribution in [2.75, 3.05) is 25.1 Å². The van der Waals surface area contributed by atoms with Crippen LogP contribution in [-0.4, -0.2) is 30.9 Å². The molecule has 0 aliphatic heterocycles. The van der Waals surface area contributed by atoms with E-state index in [0.717, 1.165) is 11.4 Å². The van der Waals surface area contributed by atoms with Gasteiger partial charge in [-0.15, -0.1) is 0 Å². The Labute approximate surface area is 91.6 Å². The summed E-state index contributed by atoms with van der Waals surface area (Å²) in [4.78, 5) is 4.00. The molecule has 6 heteroatoms. The van der Waals surface area contributed by atoms with Gasteiger partial charge in [-0.2, -0.15) is 13.2 Å². The molecule has 0 saturated carbocycles. The summed E-state index contributed by atoms with van der Waals surface area (Å²) in [5.74, 6) is 0. The first-order chi connectivity index (χ1) is 7.47. The number of hydrogen-bond donors (Lipinski definition) is 1. The number of halogens is 3. The number of pyridine rings is 1. The summed E-state index contributed by atoms with van der Waals surface area (Å²) >= 11 is 0. The number of nitrogens with one attached hydrogen (secondary N) is 1. The topological polar surface area (TPSA) is 34.1 Å². The molecule has 0 spiro atoms. The molecule has 1 aromatic heterocycles. The molecule has 0 atom stereocenters. The molecule has 16 heavy (non-hydrogen) atoms.